The molecule has 0 unspecified atom stereocenters. The van der Waals surface area contributed by atoms with Crippen LogP contribution in [0.4, 0.5) is 0 Å². The lowest BCUT2D eigenvalue weighted by atomic mass is 9.93. The summed E-state index contributed by atoms with van der Waals surface area (Å²) in [6.45, 7) is 15.7. The average molecular weight is 278 g/mol. The van der Waals surface area contributed by atoms with E-state index in [2.05, 4.69) is 64.0 Å². The predicted octanol–water partition coefficient (Wildman–Crippen LogP) is 4.13. The highest BCUT2D eigenvalue weighted by atomic mass is 16.5. The number of nitrogens with one attached hydrogen (secondary N) is 1. The van der Waals surface area contributed by atoms with E-state index in [0.29, 0.717) is 11.3 Å². The minimum absolute atomic E-state index is 0.294. The first-order chi connectivity index (χ1) is 9.31. The molecule has 1 aromatic rings. The lowest BCUT2D eigenvalue weighted by molar-refractivity contribution is 0.235. The Bertz CT molecular complexity index is 408. The Labute approximate surface area is 124 Å². The summed E-state index contributed by atoms with van der Waals surface area (Å²) in [5.41, 5.74) is 2.64. The van der Waals surface area contributed by atoms with E-state index in [-0.39, 0.29) is 0 Å². The quantitative estimate of drug-likeness (QED) is 0.814. The van der Waals surface area contributed by atoms with Crippen molar-refractivity contribution in [1.82, 2.24) is 10.3 Å². The standard InChI is InChI=1S/C17H30N2O/c1-7-18-12-14-10-15(13(2)3)19-16(11-14)20-9-8-17(4,5)6/h10-11,13,18H,7-9,12H2,1-6H3. The van der Waals surface area contributed by atoms with Crippen LogP contribution >= 0.6 is 0 Å². The van der Waals surface area contributed by atoms with Gasteiger partial charge in [0.25, 0.3) is 0 Å². The molecule has 0 aromatic carbocycles. The zero-order valence-corrected chi connectivity index (χ0v) is 13.9. The van der Waals surface area contributed by atoms with E-state index < -0.39 is 0 Å². The minimum atomic E-state index is 0.294. The molecule has 0 spiro atoms. The van der Waals surface area contributed by atoms with Crippen LogP contribution in [0.1, 0.15) is 65.1 Å². The van der Waals surface area contributed by atoms with Gasteiger partial charge in [0.15, 0.2) is 0 Å². The fourth-order valence-corrected chi connectivity index (χ4v) is 1.78. The molecule has 1 heterocycles. The summed E-state index contributed by atoms with van der Waals surface area (Å²) in [7, 11) is 0. The monoisotopic (exact) mass is 278 g/mol. The molecule has 1 N–H and O–H groups in total. The van der Waals surface area contributed by atoms with Crippen molar-refractivity contribution in [2.24, 2.45) is 5.41 Å². The number of aromatic nitrogens is 1. The van der Waals surface area contributed by atoms with Crippen LogP contribution in [0.3, 0.4) is 0 Å². The third kappa shape index (κ3) is 6.38. The molecule has 1 aromatic heterocycles. The highest BCUT2D eigenvalue weighted by Crippen LogP contribution is 2.21. The summed E-state index contributed by atoms with van der Waals surface area (Å²) in [6, 6.07) is 4.22. The van der Waals surface area contributed by atoms with Crippen molar-refractivity contribution in [2.45, 2.75) is 60.4 Å². The van der Waals surface area contributed by atoms with Crippen LogP contribution in [0.5, 0.6) is 5.88 Å². The van der Waals surface area contributed by atoms with E-state index in [1.54, 1.807) is 0 Å². The van der Waals surface area contributed by atoms with E-state index >= 15 is 0 Å². The molecule has 114 valence electrons. The van der Waals surface area contributed by atoms with Gasteiger partial charge >= 0.3 is 0 Å². The Morgan fingerprint density at radius 2 is 1.95 bits per heavy atom. The highest BCUT2D eigenvalue weighted by molar-refractivity contribution is 5.26. The van der Waals surface area contributed by atoms with Crippen molar-refractivity contribution in [1.29, 1.82) is 0 Å². The molecule has 0 fully saturated rings. The molecular weight excluding hydrogens is 248 g/mol. The van der Waals surface area contributed by atoms with Crippen molar-refractivity contribution < 1.29 is 4.74 Å². The van der Waals surface area contributed by atoms with Gasteiger partial charge in [-0.05, 0) is 35.9 Å². The van der Waals surface area contributed by atoms with Crippen LogP contribution in [0.15, 0.2) is 12.1 Å². The first kappa shape index (κ1) is 17.0. The van der Waals surface area contributed by atoms with Crippen LogP contribution in [0.2, 0.25) is 0 Å². The van der Waals surface area contributed by atoms with Crippen LogP contribution in [0.25, 0.3) is 0 Å². The molecule has 0 aliphatic heterocycles. The predicted molar refractivity (Wildman–Crippen MR) is 85.3 cm³/mol. The van der Waals surface area contributed by atoms with Crippen LogP contribution in [-0.4, -0.2) is 18.1 Å². The molecule has 3 heteroatoms. The summed E-state index contributed by atoms with van der Waals surface area (Å²) >= 11 is 0. The second-order valence-electron chi connectivity index (χ2n) is 6.83. The third-order valence-corrected chi connectivity index (χ3v) is 3.15. The van der Waals surface area contributed by atoms with Gasteiger partial charge in [-0.2, -0.15) is 0 Å². The highest BCUT2D eigenvalue weighted by Gasteiger charge is 2.11. The molecule has 0 amide bonds. The second-order valence-corrected chi connectivity index (χ2v) is 6.83. The van der Waals surface area contributed by atoms with Gasteiger partial charge in [-0.3, -0.25) is 0 Å². The minimum Gasteiger partial charge on any atom is -0.478 e. The Kier molecular flexibility index (Phi) is 6.47. The molecule has 20 heavy (non-hydrogen) atoms. The maximum Gasteiger partial charge on any atom is 0.213 e. The molecule has 1 rings (SSSR count). The van der Waals surface area contributed by atoms with Crippen molar-refractivity contribution in [3.8, 4) is 5.88 Å². The van der Waals surface area contributed by atoms with Crippen LogP contribution < -0.4 is 10.1 Å². The SMILES string of the molecule is CCNCc1cc(OCCC(C)(C)C)nc(C(C)C)c1. The van der Waals surface area contributed by atoms with Gasteiger partial charge in [0.05, 0.1) is 6.61 Å². The summed E-state index contributed by atoms with van der Waals surface area (Å²) in [6.07, 6.45) is 1.03. The first-order valence-corrected chi connectivity index (χ1v) is 7.66. The zero-order chi connectivity index (χ0) is 15.2. The molecule has 0 saturated heterocycles. The van der Waals surface area contributed by atoms with Crippen LogP contribution in [0, 0.1) is 5.41 Å². The maximum absolute atomic E-state index is 5.85. The van der Waals surface area contributed by atoms with E-state index in [0.717, 1.165) is 37.7 Å². The molecule has 0 aliphatic rings. The molecular formula is C17H30N2O. The number of pyridine rings is 1. The normalized spacial score (nSPS) is 11.9. The fourth-order valence-electron chi connectivity index (χ4n) is 1.78. The fraction of sp³-hybridized carbons (Fsp3) is 0.706. The van der Waals surface area contributed by atoms with E-state index in [1.165, 1.54) is 5.56 Å². The van der Waals surface area contributed by atoms with E-state index in [9.17, 15) is 0 Å². The number of ether oxygens (including phenoxy) is 1. The van der Waals surface area contributed by atoms with Gasteiger partial charge in [-0.1, -0.05) is 41.5 Å². The molecule has 3 nitrogen and oxygen atoms in total. The van der Waals surface area contributed by atoms with Gasteiger partial charge in [-0.25, -0.2) is 4.98 Å². The topological polar surface area (TPSA) is 34.1 Å². The second kappa shape index (κ2) is 7.63. The molecule has 0 radical (unpaired) electrons. The summed E-state index contributed by atoms with van der Waals surface area (Å²) in [4.78, 5) is 4.61. The van der Waals surface area contributed by atoms with Crippen molar-refractivity contribution >= 4 is 0 Å². The lowest BCUT2D eigenvalue weighted by Crippen LogP contribution is -2.14. The molecule has 0 saturated carbocycles. The number of nitrogens with zero attached hydrogens (tertiary/aromatic N) is 1. The Balaban J connectivity index is 2.75. The van der Waals surface area contributed by atoms with Gasteiger partial charge in [0.1, 0.15) is 0 Å². The Morgan fingerprint density at radius 3 is 2.50 bits per heavy atom. The van der Waals surface area contributed by atoms with Crippen molar-refractivity contribution in [3.63, 3.8) is 0 Å². The smallest absolute Gasteiger partial charge is 0.213 e. The van der Waals surface area contributed by atoms with Gasteiger partial charge in [0.2, 0.25) is 5.88 Å². The van der Waals surface area contributed by atoms with Gasteiger partial charge in [-0.15, -0.1) is 0 Å². The summed E-state index contributed by atoms with van der Waals surface area (Å²) < 4.78 is 5.85. The first-order valence-electron chi connectivity index (χ1n) is 7.66. The largest absolute Gasteiger partial charge is 0.478 e. The number of hydrogen-bond donors (Lipinski definition) is 1. The summed E-state index contributed by atoms with van der Waals surface area (Å²) in [5, 5.41) is 3.35. The zero-order valence-electron chi connectivity index (χ0n) is 13.9. The third-order valence-electron chi connectivity index (χ3n) is 3.15. The van der Waals surface area contributed by atoms with Crippen molar-refractivity contribution in [3.05, 3.63) is 23.4 Å². The van der Waals surface area contributed by atoms with Gasteiger partial charge < -0.3 is 10.1 Å². The number of rotatable bonds is 7. The molecule has 0 atom stereocenters. The molecule has 0 aliphatic carbocycles. The Hall–Kier alpha value is -1.09. The average Bonchev–Trinajstić information content (AvgIpc) is 2.34. The van der Waals surface area contributed by atoms with Gasteiger partial charge in [0, 0.05) is 18.3 Å². The number of hydrogen-bond acceptors (Lipinski definition) is 3. The lowest BCUT2D eigenvalue weighted by Gasteiger charge is -2.18. The summed E-state index contributed by atoms with van der Waals surface area (Å²) in [5.74, 6) is 1.18. The van der Waals surface area contributed by atoms with Crippen LogP contribution in [-0.2, 0) is 6.54 Å². The Morgan fingerprint density at radius 1 is 1.25 bits per heavy atom. The van der Waals surface area contributed by atoms with E-state index in [4.69, 9.17) is 4.74 Å². The van der Waals surface area contributed by atoms with Crippen molar-refractivity contribution in [2.75, 3.05) is 13.2 Å². The van der Waals surface area contributed by atoms with E-state index in [1.807, 2.05) is 0 Å². The maximum atomic E-state index is 5.85. The molecule has 0 bridgehead atoms.